The Morgan fingerprint density at radius 1 is 1.11 bits per heavy atom. The van der Waals surface area contributed by atoms with Crippen molar-refractivity contribution in [2.75, 3.05) is 13.2 Å². The van der Waals surface area contributed by atoms with Crippen LogP contribution in [0.3, 0.4) is 0 Å². The van der Waals surface area contributed by atoms with Crippen LogP contribution in [0.15, 0.2) is 18.2 Å². The van der Waals surface area contributed by atoms with Crippen molar-refractivity contribution in [1.29, 1.82) is 0 Å². The third kappa shape index (κ3) is 3.87. The van der Waals surface area contributed by atoms with Gasteiger partial charge in [-0.15, -0.1) is 0 Å². The zero-order valence-corrected chi connectivity index (χ0v) is 11.9. The predicted molar refractivity (Wildman–Crippen MR) is 77.7 cm³/mol. The first-order chi connectivity index (χ1) is 9.33. The number of para-hydroxylation sites is 1. The lowest BCUT2D eigenvalue weighted by Gasteiger charge is -2.23. The molecule has 19 heavy (non-hydrogen) atoms. The van der Waals surface area contributed by atoms with E-state index in [2.05, 4.69) is 13.0 Å². The van der Waals surface area contributed by atoms with Crippen LogP contribution < -0.4 is 15.2 Å². The number of fused-ring (bicyclic) bond motifs is 1. The maximum absolute atomic E-state index is 6.30. The van der Waals surface area contributed by atoms with Crippen LogP contribution in [0.5, 0.6) is 11.5 Å². The number of ether oxygens (including phenoxy) is 2. The van der Waals surface area contributed by atoms with Crippen molar-refractivity contribution in [2.45, 2.75) is 51.5 Å². The fraction of sp³-hybridized carbons (Fsp3) is 0.625. The van der Waals surface area contributed by atoms with E-state index >= 15 is 0 Å². The Bertz CT molecular complexity index is 392. The molecule has 2 N–H and O–H groups in total. The molecule has 1 aromatic carbocycles. The Kier molecular flexibility index (Phi) is 5.52. The zero-order chi connectivity index (χ0) is 13.5. The lowest BCUT2D eigenvalue weighted by Crippen LogP contribution is -2.19. The van der Waals surface area contributed by atoms with Crippen LogP contribution in [0.25, 0.3) is 0 Å². The summed E-state index contributed by atoms with van der Waals surface area (Å²) in [4.78, 5) is 0. The molecule has 1 unspecified atom stereocenters. The first-order valence-electron chi connectivity index (χ1n) is 7.47. The van der Waals surface area contributed by atoms with E-state index in [4.69, 9.17) is 15.2 Å². The number of rotatable bonds is 7. The summed E-state index contributed by atoms with van der Waals surface area (Å²) in [6, 6.07) is 6.06. The summed E-state index contributed by atoms with van der Waals surface area (Å²) in [7, 11) is 0. The molecular formula is C16H25NO2. The highest BCUT2D eigenvalue weighted by atomic mass is 16.6. The number of nitrogens with two attached hydrogens (primary N) is 1. The van der Waals surface area contributed by atoms with Crippen molar-refractivity contribution in [2.24, 2.45) is 5.73 Å². The van der Waals surface area contributed by atoms with Gasteiger partial charge in [-0.25, -0.2) is 0 Å². The summed E-state index contributed by atoms with van der Waals surface area (Å²) in [5.41, 5.74) is 7.39. The molecule has 1 aliphatic heterocycles. The van der Waals surface area contributed by atoms with Gasteiger partial charge in [-0.05, 0) is 12.5 Å². The molecule has 1 aromatic rings. The fourth-order valence-electron chi connectivity index (χ4n) is 2.51. The van der Waals surface area contributed by atoms with Gasteiger partial charge in [-0.1, -0.05) is 51.2 Å². The molecular weight excluding hydrogens is 238 g/mol. The fourth-order valence-corrected chi connectivity index (χ4v) is 2.51. The molecule has 3 nitrogen and oxygen atoms in total. The first kappa shape index (κ1) is 14.2. The number of hydrogen-bond donors (Lipinski definition) is 1. The Morgan fingerprint density at radius 2 is 1.89 bits per heavy atom. The third-order valence-corrected chi connectivity index (χ3v) is 3.61. The Balaban J connectivity index is 1.90. The number of benzene rings is 1. The van der Waals surface area contributed by atoms with Gasteiger partial charge in [-0.2, -0.15) is 0 Å². The third-order valence-electron chi connectivity index (χ3n) is 3.61. The molecule has 0 aliphatic carbocycles. The second-order valence-corrected chi connectivity index (χ2v) is 5.18. The maximum atomic E-state index is 6.30. The van der Waals surface area contributed by atoms with Crippen molar-refractivity contribution >= 4 is 0 Å². The van der Waals surface area contributed by atoms with E-state index in [0.717, 1.165) is 23.5 Å². The van der Waals surface area contributed by atoms with E-state index in [1.54, 1.807) is 0 Å². The number of unbranched alkanes of at least 4 members (excludes halogenated alkanes) is 4. The molecule has 1 atom stereocenters. The SMILES string of the molecule is CCCCCCCC(N)c1cccc2c1OCCO2. The van der Waals surface area contributed by atoms with E-state index in [9.17, 15) is 0 Å². The van der Waals surface area contributed by atoms with Crippen LogP contribution in [0.2, 0.25) is 0 Å². The molecule has 0 bridgehead atoms. The van der Waals surface area contributed by atoms with Crippen molar-refractivity contribution in [1.82, 2.24) is 0 Å². The van der Waals surface area contributed by atoms with Gasteiger partial charge in [0.1, 0.15) is 13.2 Å². The Labute approximate surface area is 116 Å². The summed E-state index contributed by atoms with van der Waals surface area (Å²) < 4.78 is 11.3. The van der Waals surface area contributed by atoms with Gasteiger partial charge in [0.05, 0.1) is 0 Å². The van der Waals surface area contributed by atoms with Gasteiger partial charge in [0.15, 0.2) is 11.5 Å². The van der Waals surface area contributed by atoms with Crippen LogP contribution >= 0.6 is 0 Å². The molecule has 0 fully saturated rings. The van der Waals surface area contributed by atoms with Gasteiger partial charge in [0, 0.05) is 11.6 Å². The number of hydrogen-bond acceptors (Lipinski definition) is 3. The van der Waals surface area contributed by atoms with Gasteiger partial charge in [0.25, 0.3) is 0 Å². The lowest BCUT2D eigenvalue weighted by atomic mass is 9.99. The quantitative estimate of drug-likeness (QED) is 0.761. The highest BCUT2D eigenvalue weighted by Gasteiger charge is 2.19. The van der Waals surface area contributed by atoms with Crippen LogP contribution in [-0.2, 0) is 0 Å². The summed E-state index contributed by atoms with van der Waals surface area (Å²) in [6.45, 7) is 3.48. The van der Waals surface area contributed by atoms with Crippen molar-refractivity contribution in [3.63, 3.8) is 0 Å². The topological polar surface area (TPSA) is 44.5 Å². The Morgan fingerprint density at radius 3 is 2.74 bits per heavy atom. The van der Waals surface area contributed by atoms with Gasteiger partial charge >= 0.3 is 0 Å². The summed E-state index contributed by atoms with van der Waals surface area (Å²) in [5.74, 6) is 1.69. The van der Waals surface area contributed by atoms with E-state index in [-0.39, 0.29) is 6.04 Å². The molecule has 0 radical (unpaired) electrons. The zero-order valence-electron chi connectivity index (χ0n) is 11.9. The van der Waals surface area contributed by atoms with E-state index in [0.29, 0.717) is 13.2 Å². The molecule has 3 heteroatoms. The molecule has 106 valence electrons. The standard InChI is InChI=1S/C16H25NO2/c1-2-3-4-5-6-9-14(17)13-8-7-10-15-16(13)19-12-11-18-15/h7-8,10,14H,2-6,9,11-12,17H2,1H3. The molecule has 0 saturated heterocycles. The summed E-state index contributed by atoms with van der Waals surface area (Å²) >= 11 is 0. The largest absolute Gasteiger partial charge is 0.486 e. The highest BCUT2D eigenvalue weighted by molar-refractivity contribution is 5.48. The molecule has 0 aromatic heterocycles. The monoisotopic (exact) mass is 263 g/mol. The average molecular weight is 263 g/mol. The highest BCUT2D eigenvalue weighted by Crippen LogP contribution is 2.37. The van der Waals surface area contributed by atoms with Crippen molar-refractivity contribution in [3.05, 3.63) is 23.8 Å². The minimum Gasteiger partial charge on any atom is -0.486 e. The van der Waals surface area contributed by atoms with E-state index < -0.39 is 0 Å². The normalized spacial score (nSPS) is 15.3. The van der Waals surface area contributed by atoms with Crippen LogP contribution in [0.1, 0.15) is 57.1 Å². The average Bonchev–Trinajstić information content (AvgIpc) is 2.46. The molecule has 0 amide bonds. The maximum Gasteiger partial charge on any atom is 0.166 e. The molecule has 2 rings (SSSR count). The van der Waals surface area contributed by atoms with E-state index in [1.165, 1.54) is 32.1 Å². The minimum absolute atomic E-state index is 0.0540. The summed E-state index contributed by atoms with van der Waals surface area (Å²) in [6.07, 6.45) is 7.40. The Hall–Kier alpha value is -1.22. The van der Waals surface area contributed by atoms with Crippen molar-refractivity contribution in [3.8, 4) is 11.5 Å². The van der Waals surface area contributed by atoms with Crippen LogP contribution in [0, 0.1) is 0 Å². The van der Waals surface area contributed by atoms with E-state index in [1.807, 2.05) is 12.1 Å². The molecule has 0 spiro atoms. The lowest BCUT2D eigenvalue weighted by molar-refractivity contribution is 0.169. The van der Waals surface area contributed by atoms with Crippen LogP contribution in [0.4, 0.5) is 0 Å². The minimum atomic E-state index is 0.0540. The van der Waals surface area contributed by atoms with Gasteiger partial charge in [0.2, 0.25) is 0 Å². The molecule has 1 heterocycles. The van der Waals surface area contributed by atoms with Crippen molar-refractivity contribution < 1.29 is 9.47 Å². The summed E-state index contributed by atoms with van der Waals surface area (Å²) in [5, 5.41) is 0. The smallest absolute Gasteiger partial charge is 0.166 e. The van der Waals surface area contributed by atoms with Gasteiger partial charge < -0.3 is 15.2 Å². The van der Waals surface area contributed by atoms with Gasteiger partial charge in [-0.3, -0.25) is 0 Å². The predicted octanol–water partition coefficient (Wildman–Crippen LogP) is 3.82. The second-order valence-electron chi connectivity index (χ2n) is 5.18. The second kappa shape index (κ2) is 7.39. The molecule has 0 saturated carbocycles. The first-order valence-corrected chi connectivity index (χ1v) is 7.47. The van der Waals surface area contributed by atoms with Crippen LogP contribution in [-0.4, -0.2) is 13.2 Å². The molecule has 1 aliphatic rings.